The van der Waals surface area contributed by atoms with Gasteiger partial charge in [0.05, 0.1) is 13.2 Å². The molecule has 76 valence electrons. The molecule has 4 nitrogen and oxygen atoms in total. The van der Waals surface area contributed by atoms with Crippen LogP contribution in [0.5, 0.6) is 0 Å². The second-order valence-corrected chi connectivity index (χ2v) is 3.20. The molecule has 1 heterocycles. The Balaban J connectivity index is 2.05. The van der Waals surface area contributed by atoms with Crippen LogP contribution < -0.4 is 5.90 Å². The first-order valence-electron chi connectivity index (χ1n) is 4.50. The molecule has 4 heteroatoms. The summed E-state index contributed by atoms with van der Waals surface area (Å²) in [5.74, 6) is 4.98. The highest BCUT2D eigenvalue weighted by Crippen LogP contribution is 2.22. The Morgan fingerprint density at radius 2 is 2.14 bits per heavy atom. The fourth-order valence-corrected chi connectivity index (χ4v) is 1.45. The van der Waals surface area contributed by atoms with Crippen molar-refractivity contribution in [3.05, 3.63) is 35.4 Å². The number of nitrogens with two attached hydrogens (primary N) is 1. The van der Waals surface area contributed by atoms with Gasteiger partial charge in [-0.15, -0.1) is 0 Å². The van der Waals surface area contributed by atoms with Gasteiger partial charge in [0.1, 0.15) is 12.9 Å². The molecule has 14 heavy (non-hydrogen) atoms. The van der Waals surface area contributed by atoms with Gasteiger partial charge in [0, 0.05) is 0 Å². The zero-order valence-corrected chi connectivity index (χ0v) is 7.81. The van der Waals surface area contributed by atoms with Gasteiger partial charge in [0.25, 0.3) is 0 Å². The highest BCUT2D eigenvalue weighted by molar-refractivity contribution is 5.24. The lowest BCUT2D eigenvalue weighted by molar-refractivity contribution is 0.0465. The standard InChI is InChI=1S/C10H13NO3/c11-14-5-8-1-3-9(4-2-8)10-6-12-7-13-10/h1-4,10H,5-7,11H2. The summed E-state index contributed by atoms with van der Waals surface area (Å²) < 4.78 is 10.5. The minimum atomic E-state index is 0.0721. The average molecular weight is 195 g/mol. The molecule has 0 radical (unpaired) electrons. The SMILES string of the molecule is NOCc1ccc(C2COCO2)cc1. The summed E-state index contributed by atoms with van der Waals surface area (Å²) in [4.78, 5) is 4.54. The number of benzene rings is 1. The normalized spacial score (nSPS) is 21.4. The Bertz CT molecular complexity index is 280. The van der Waals surface area contributed by atoms with E-state index in [0.29, 0.717) is 20.0 Å². The van der Waals surface area contributed by atoms with Crippen molar-refractivity contribution in [1.82, 2.24) is 0 Å². The van der Waals surface area contributed by atoms with E-state index in [1.54, 1.807) is 0 Å². The molecule has 1 aliphatic rings. The molecule has 1 saturated heterocycles. The summed E-state index contributed by atoms with van der Waals surface area (Å²) in [5, 5.41) is 0. The predicted octanol–water partition coefficient (Wildman–Crippen LogP) is 1.12. The van der Waals surface area contributed by atoms with E-state index in [4.69, 9.17) is 15.4 Å². The first kappa shape index (κ1) is 9.61. The van der Waals surface area contributed by atoms with Crippen LogP contribution in [-0.4, -0.2) is 13.4 Å². The number of rotatable bonds is 3. The number of hydrogen-bond acceptors (Lipinski definition) is 4. The van der Waals surface area contributed by atoms with E-state index in [-0.39, 0.29) is 6.10 Å². The molecule has 1 aromatic rings. The van der Waals surface area contributed by atoms with Crippen LogP contribution in [0.1, 0.15) is 17.2 Å². The Morgan fingerprint density at radius 3 is 2.71 bits per heavy atom. The molecule has 1 aromatic carbocycles. The summed E-state index contributed by atoms with van der Waals surface area (Å²) in [6.45, 7) is 1.45. The molecular formula is C10H13NO3. The fraction of sp³-hybridized carbons (Fsp3) is 0.400. The third kappa shape index (κ3) is 2.10. The molecule has 2 rings (SSSR count). The highest BCUT2D eigenvalue weighted by atomic mass is 16.7. The van der Waals surface area contributed by atoms with E-state index in [1.807, 2.05) is 24.3 Å². The van der Waals surface area contributed by atoms with Gasteiger partial charge >= 0.3 is 0 Å². The van der Waals surface area contributed by atoms with Crippen LogP contribution >= 0.6 is 0 Å². The average Bonchev–Trinajstić information content (AvgIpc) is 2.72. The van der Waals surface area contributed by atoms with Gasteiger partial charge in [-0.05, 0) is 11.1 Å². The molecule has 0 spiro atoms. The van der Waals surface area contributed by atoms with Crippen LogP contribution in [-0.2, 0) is 20.9 Å². The molecule has 1 aliphatic heterocycles. The Hall–Kier alpha value is -0.940. The van der Waals surface area contributed by atoms with Gasteiger partial charge < -0.3 is 9.47 Å². The molecule has 0 aliphatic carbocycles. The van der Waals surface area contributed by atoms with Crippen molar-refractivity contribution in [3.63, 3.8) is 0 Å². The summed E-state index contributed by atoms with van der Waals surface area (Å²) in [5.41, 5.74) is 2.18. The van der Waals surface area contributed by atoms with Gasteiger partial charge in [-0.2, -0.15) is 0 Å². The van der Waals surface area contributed by atoms with Crippen molar-refractivity contribution in [2.24, 2.45) is 5.90 Å². The van der Waals surface area contributed by atoms with Crippen LogP contribution in [0.2, 0.25) is 0 Å². The van der Waals surface area contributed by atoms with Crippen molar-refractivity contribution < 1.29 is 14.3 Å². The van der Waals surface area contributed by atoms with Gasteiger partial charge in [-0.1, -0.05) is 24.3 Å². The van der Waals surface area contributed by atoms with E-state index in [1.165, 1.54) is 0 Å². The molecule has 0 saturated carbocycles. The second-order valence-electron chi connectivity index (χ2n) is 3.20. The summed E-state index contributed by atoms with van der Waals surface area (Å²) in [6, 6.07) is 7.97. The van der Waals surface area contributed by atoms with Gasteiger partial charge in [-0.25, -0.2) is 5.90 Å². The number of hydrogen-bond donors (Lipinski definition) is 1. The smallest absolute Gasteiger partial charge is 0.147 e. The Kier molecular flexibility index (Phi) is 3.10. The zero-order chi connectivity index (χ0) is 9.80. The molecule has 1 fully saturated rings. The molecule has 1 atom stereocenters. The minimum Gasteiger partial charge on any atom is -0.352 e. The molecule has 0 bridgehead atoms. The van der Waals surface area contributed by atoms with Crippen molar-refractivity contribution in [3.8, 4) is 0 Å². The van der Waals surface area contributed by atoms with Crippen LogP contribution in [0.3, 0.4) is 0 Å². The summed E-state index contributed by atoms with van der Waals surface area (Å²) in [6.07, 6.45) is 0.0721. The Morgan fingerprint density at radius 1 is 1.36 bits per heavy atom. The maximum atomic E-state index is 5.36. The van der Waals surface area contributed by atoms with Gasteiger partial charge in [-0.3, -0.25) is 4.84 Å². The molecular weight excluding hydrogens is 182 g/mol. The summed E-state index contributed by atoms with van der Waals surface area (Å²) in [7, 11) is 0. The van der Waals surface area contributed by atoms with Crippen molar-refractivity contribution in [2.75, 3.05) is 13.4 Å². The monoisotopic (exact) mass is 195 g/mol. The first-order valence-corrected chi connectivity index (χ1v) is 4.50. The molecule has 0 aromatic heterocycles. The van der Waals surface area contributed by atoms with Crippen LogP contribution in [0, 0.1) is 0 Å². The topological polar surface area (TPSA) is 53.7 Å². The first-order chi connectivity index (χ1) is 6.90. The highest BCUT2D eigenvalue weighted by Gasteiger charge is 2.17. The van der Waals surface area contributed by atoms with Crippen LogP contribution in [0.15, 0.2) is 24.3 Å². The predicted molar refractivity (Wildman–Crippen MR) is 50.1 cm³/mol. The minimum absolute atomic E-state index is 0.0721. The number of ether oxygens (including phenoxy) is 2. The van der Waals surface area contributed by atoms with Gasteiger partial charge in [0.15, 0.2) is 0 Å². The second kappa shape index (κ2) is 4.52. The fourth-order valence-electron chi connectivity index (χ4n) is 1.45. The third-order valence-electron chi connectivity index (χ3n) is 2.22. The van der Waals surface area contributed by atoms with E-state index >= 15 is 0 Å². The maximum Gasteiger partial charge on any atom is 0.147 e. The molecule has 0 amide bonds. The van der Waals surface area contributed by atoms with Crippen molar-refractivity contribution in [2.45, 2.75) is 12.7 Å². The van der Waals surface area contributed by atoms with Crippen molar-refractivity contribution in [1.29, 1.82) is 0 Å². The van der Waals surface area contributed by atoms with E-state index in [0.717, 1.165) is 11.1 Å². The van der Waals surface area contributed by atoms with Crippen LogP contribution in [0.25, 0.3) is 0 Å². The van der Waals surface area contributed by atoms with E-state index in [9.17, 15) is 0 Å². The zero-order valence-electron chi connectivity index (χ0n) is 7.81. The van der Waals surface area contributed by atoms with E-state index < -0.39 is 0 Å². The molecule has 2 N–H and O–H groups in total. The molecule has 1 unspecified atom stereocenters. The van der Waals surface area contributed by atoms with E-state index in [2.05, 4.69) is 4.84 Å². The lowest BCUT2D eigenvalue weighted by Crippen LogP contribution is -2.01. The largest absolute Gasteiger partial charge is 0.352 e. The maximum absolute atomic E-state index is 5.36. The van der Waals surface area contributed by atoms with Crippen LogP contribution in [0.4, 0.5) is 0 Å². The quantitative estimate of drug-likeness (QED) is 0.734. The summed E-state index contributed by atoms with van der Waals surface area (Å²) >= 11 is 0. The lowest BCUT2D eigenvalue weighted by atomic mass is 10.1. The third-order valence-corrected chi connectivity index (χ3v) is 2.22. The lowest BCUT2D eigenvalue weighted by Gasteiger charge is -2.08. The Labute approximate surface area is 82.5 Å². The van der Waals surface area contributed by atoms with Gasteiger partial charge in [0.2, 0.25) is 0 Å². The van der Waals surface area contributed by atoms with Crippen molar-refractivity contribution >= 4 is 0 Å².